The number of carbonyl (C=O) groups excluding carboxylic acids is 1. The molecule has 1 aliphatic rings. The largest absolute Gasteiger partial charge is 0.397 e. The van der Waals surface area contributed by atoms with E-state index in [0.29, 0.717) is 16.4 Å². The summed E-state index contributed by atoms with van der Waals surface area (Å²) in [7, 11) is 0. The van der Waals surface area contributed by atoms with Crippen LogP contribution in [0.15, 0.2) is 18.2 Å². The molecule has 1 aromatic carbocycles. The maximum atomic E-state index is 12.0. The SMILES string of the molecule is Nc1cccc(Cl)c1NC(=O)C1CCCCS1. The summed E-state index contributed by atoms with van der Waals surface area (Å²) in [4.78, 5) is 12.0. The maximum Gasteiger partial charge on any atom is 0.237 e. The molecule has 0 bridgehead atoms. The molecule has 0 spiro atoms. The van der Waals surface area contributed by atoms with Crippen molar-refractivity contribution in [2.75, 3.05) is 16.8 Å². The van der Waals surface area contributed by atoms with Crippen LogP contribution in [0.2, 0.25) is 5.02 Å². The first-order chi connectivity index (χ1) is 8.18. The van der Waals surface area contributed by atoms with Crippen molar-refractivity contribution < 1.29 is 4.79 Å². The number of thioether (sulfide) groups is 1. The summed E-state index contributed by atoms with van der Waals surface area (Å²) in [5.41, 5.74) is 6.83. The monoisotopic (exact) mass is 270 g/mol. The third-order valence-corrected chi connectivity index (χ3v) is 4.46. The maximum absolute atomic E-state index is 12.0. The molecule has 17 heavy (non-hydrogen) atoms. The lowest BCUT2D eigenvalue weighted by atomic mass is 10.1. The van der Waals surface area contributed by atoms with E-state index in [-0.39, 0.29) is 11.2 Å². The van der Waals surface area contributed by atoms with Crippen LogP contribution in [0.4, 0.5) is 11.4 Å². The fraction of sp³-hybridized carbons (Fsp3) is 0.417. The lowest BCUT2D eigenvalue weighted by Crippen LogP contribution is -2.27. The summed E-state index contributed by atoms with van der Waals surface area (Å²) in [6.45, 7) is 0. The van der Waals surface area contributed by atoms with Gasteiger partial charge in [-0.05, 0) is 30.7 Å². The van der Waals surface area contributed by atoms with Crippen LogP contribution in [0.5, 0.6) is 0 Å². The first-order valence-electron chi connectivity index (χ1n) is 5.65. The highest BCUT2D eigenvalue weighted by Crippen LogP contribution is 2.30. The number of nitrogen functional groups attached to an aromatic ring is 1. The molecule has 1 amide bonds. The van der Waals surface area contributed by atoms with E-state index in [9.17, 15) is 4.79 Å². The molecule has 3 N–H and O–H groups in total. The third-order valence-electron chi connectivity index (χ3n) is 2.77. The van der Waals surface area contributed by atoms with E-state index in [1.807, 2.05) is 0 Å². The normalized spacial score (nSPS) is 19.9. The fourth-order valence-corrected chi connectivity index (χ4v) is 3.25. The average Bonchev–Trinajstić information content (AvgIpc) is 2.35. The second-order valence-corrected chi connectivity index (χ2v) is 5.77. The quantitative estimate of drug-likeness (QED) is 0.812. The van der Waals surface area contributed by atoms with Gasteiger partial charge in [-0.25, -0.2) is 0 Å². The molecule has 0 saturated carbocycles. The van der Waals surface area contributed by atoms with Crippen LogP contribution in [0, 0.1) is 0 Å². The van der Waals surface area contributed by atoms with Crippen LogP contribution in [-0.4, -0.2) is 16.9 Å². The highest BCUT2D eigenvalue weighted by Gasteiger charge is 2.22. The summed E-state index contributed by atoms with van der Waals surface area (Å²) < 4.78 is 0. The Hall–Kier alpha value is -0.870. The fourth-order valence-electron chi connectivity index (χ4n) is 1.82. The van der Waals surface area contributed by atoms with Crippen LogP contribution in [0.1, 0.15) is 19.3 Å². The number of carbonyl (C=O) groups is 1. The van der Waals surface area contributed by atoms with E-state index in [1.54, 1.807) is 30.0 Å². The van der Waals surface area contributed by atoms with E-state index in [0.717, 1.165) is 18.6 Å². The number of nitrogens with one attached hydrogen (secondary N) is 1. The first kappa shape index (κ1) is 12.6. The van der Waals surface area contributed by atoms with Gasteiger partial charge in [0.05, 0.1) is 21.6 Å². The molecule has 1 saturated heterocycles. The van der Waals surface area contributed by atoms with Crippen molar-refractivity contribution in [2.24, 2.45) is 0 Å². The predicted molar refractivity (Wildman–Crippen MR) is 74.6 cm³/mol. The zero-order chi connectivity index (χ0) is 12.3. The molecule has 1 fully saturated rings. The Morgan fingerprint density at radius 3 is 2.94 bits per heavy atom. The van der Waals surface area contributed by atoms with Crippen molar-refractivity contribution in [3.8, 4) is 0 Å². The molecule has 3 nitrogen and oxygen atoms in total. The van der Waals surface area contributed by atoms with E-state index in [2.05, 4.69) is 5.32 Å². The van der Waals surface area contributed by atoms with E-state index >= 15 is 0 Å². The zero-order valence-corrected chi connectivity index (χ0v) is 11.0. The van der Waals surface area contributed by atoms with E-state index in [1.165, 1.54) is 6.42 Å². The minimum Gasteiger partial charge on any atom is -0.397 e. The first-order valence-corrected chi connectivity index (χ1v) is 7.07. The van der Waals surface area contributed by atoms with Crippen molar-refractivity contribution in [2.45, 2.75) is 24.5 Å². The molecule has 0 aliphatic carbocycles. The standard InChI is InChI=1S/C12H15ClN2OS/c13-8-4-3-5-9(14)11(8)15-12(16)10-6-1-2-7-17-10/h3-5,10H,1-2,6-7,14H2,(H,15,16). The Morgan fingerprint density at radius 1 is 1.47 bits per heavy atom. The lowest BCUT2D eigenvalue weighted by Gasteiger charge is -2.21. The Morgan fingerprint density at radius 2 is 2.29 bits per heavy atom. The van der Waals surface area contributed by atoms with Crippen molar-refractivity contribution in [3.63, 3.8) is 0 Å². The summed E-state index contributed by atoms with van der Waals surface area (Å²) in [6.07, 6.45) is 3.24. The highest BCUT2D eigenvalue weighted by atomic mass is 35.5. The van der Waals surface area contributed by atoms with Crippen molar-refractivity contribution in [1.82, 2.24) is 0 Å². The molecule has 1 atom stereocenters. The zero-order valence-electron chi connectivity index (χ0n) is 9.41. The Balaban J connectivity index is 2.07. The Labute approximate surface area is 110 Å². The van der Waals surface area contributed by atoms with Crippen LogP contribution >= 0.6 is 23.4 Å². The van der Waals surface area contributed by atoms with Gasteiger partial charge < -0.3 is 11.1 Å². The number of hydrogen-bond acceptors (Lipinski definition) is 3. The Bertz CT molecular complexity index is 399. The predicted octanol–water partition coefficient (Wildman–Crippen LogP) is 3.15. The van der Waals surface area contributed by atoms with Crippen LogP contribution in [0.3, 0.4) is 0 Å². The second kappa shape index (κ2) is 5.65. The van der Waals surface area contributed by atoms with Gasteiger partial charge in [0.1, 0.15) is 0 Å². The molecule has 1 unspecified atom stereocenters. The van der Waals surface area contributed by atoms with Gasteiger partial charge in [0.15, 0.2) is 0 Å². The lowest BCUT2D eigenvalue weighted by molar-refractivity contribution is -0.115. The number of amides is 1. The van der Waals surface area contributed by atoms with Gasteiger partial charge in [-0.3, -0.25) is 4.79 Å². The molecule has 0 aromatic heterocycles. The number of anilines is 2. The van der Waals surface area contributed by atoms with Crippen LogP contribution < -0.4 is 11.1 Å². The van der Waals surface area contributed by atoms with E-state index in [4.69, 9.17) is 17.3 Å². The number of nitrogens with two attached hydrogens (primary N) is 1. The van der Waals surface area contributed by atoms with Gasteiger partial charge in [0, 0.05) is 0 Å². The Kier molecular flexibility index (Phi) is 4.18. The van der Waals surface area contributed by atoms with Gasteiger partial charge in [0.25, 0.3) is 0 Å². The second-order valence-electron chi connectivity index (χ2n) is 4.05. The summed E-state index contributed by atoms with van der Waals surface area (Å²) in [5.74, 6) is 1.06. The van der Waals surface area contributed by atoms with Crippen molar-refractivity contribution in [1.29, 1.82) is 0 Å². The smallest absolute Gasteiger partial charge is 0.237 e. The minimum atomic E-state index is 0.00880. The number of para-hydroxylation sites is 1. The molecule has 0 radical (unpaired) electrons. The van der Waals surface area contributed by atoms with E-state index < -0.39 is 0 Å². The molecular formula is C12H15ClN2OS. The minimum absolute atomic E-state index is 0.00880. The summed E-state index contributed by atoms with van der Waals surface area (Å²) in [6, 6.07) is 5.22. The number of hydrogen-bond donors (Lipinski definition) is 2. The van der Waals surface area contributed by atoms with Gasteiger partial charge in [0.2, 0.25) is 5.91 Å². The summed E-state index contributed by atoms with van der Waals surface area (Å²) >= 11 is 7.72. The molecule has 1 heterocycles. The van der Waals surface area contributed by atoms with Gasteiger partial charge in [-0.2, -0.15) is 0 Å². The van der Waals surface area contributed by atoms with Crippen LogP contribution in [0.25, 0.3) is 0 Å². The van der Waals surface area contributed by atoms with Crippen molar-refractivity contribution >= 4 is 40.6 Å². The van der Waals surface area contributed by atoms with Gasteiger partial charge >= 0.3 is 0 Å². The average molecular weight is 271 g/mol. The molecule has 5 heteroatoms. The molecule has 92 valence electrons. The topological polar surface area (TPSA) is 55.1 Å². The van der Waals surface area contributed by atoms with Crippen LogP contribution in [-0.2, 0) is 4.79 Å². The molecule has 1 aliphatic heterocycles. The number of rotatable bonds is 2. The highest BCUT2D eigenvalue weighted by molar-refractivity contribution is 8.00. The van der Waals surface area contributed by atoms with Crippen molar-refractivity contribution in [3.05, 3.63) is 23.2 Å². The molecular weight excluding hydrogens is 256 g/mol. The van der Waals surface area contributed by atoms with Gasteiger partial charge in [-0.1, -0.05) is 24.1 Å². The summed E-state index contributed by atoms with van der Waals surface area (Å²) in [5, 5.41) is 3.34. The molecule has 1 aromatic rings. The van der Waals surface area contributed by atoms with Gasteiger partial charge in [-0.15, -0.1) is 11.8 Å². The molecule has 2 rings (SSSR count). The number of halogens is 1. The third kappa shape index (κ3) is 3.07. The number of benzene rings is 1.